The van der Waals surface area contributed by atoms with Crippen LogP contribution in [0.1, 0.15) is 324 Å². The number of amides is 6. The highest BCUT2D eigenvalue weighted by molar-refractivity contribution is 6.09. The predicted molar refractivity (Wildman–Crippen MR) is 560 cm³/mol. The van der Waals surface area contributed by atoms with Crippen molar-refractivity contribution >= 4 is 65.0 Å². The lowest BCUT2D eigenvalue weighted by Crippen LogP contribution is -2.57. The Morgan fingerprint density at radius 1 is 0.403 bits per heavy atom. The number of nitrogens with one attached hydrogen (secondary N) is 5. The first-order valence-electron chi connectivity index (χ1n) is 52.5. The lowest BCUT2D eigenvalue weighted by Gasteiger charge is -2.29. The number of carboxylic acids is 1. The highest BCUT2D eigenvalue weighted by atomic mass is 16.5. The molecule has 6 amide bonds. The van der Waals surface area contributed by atoms with E-state index < -0.39 is 39.2 Å². The number of unbranched alkanes of at least 4 members (excludes halogenated alkanes) is 5. The quantitative estimate of drug-likeness (QED) is 0.0179. The maximum absolute atomic E-state index is 13.4. The van der Waals surface area contributed by atoms with Crippen LogP contribution in [0.25, 0.3) is 44.8 Å². The number of carbonyl (C=O) groups is 9. The molecule has 760 valence electrons. The van der Waals surface area contributed by atoms with Crippen molar-refractivity contribution in [3.8, 4) is 56.9 Å². The van der Waals surface area contributed by atoms with Crippen molar-refractivity contribution in [1.29, 1.82) is 10.5 Å². The number of H-pyrrole nitrogens is 1. The zero-order chi connectivity index (χ0) is 102. The van der Waals surface area contributed by atoms with Crippen LogP contribution in [0.4, 0.5) is 0 Å². The average Bonchev–Trinajstić information content (AvgIpc) is 1.61. The molecule has 0 unspecified atom stereocenters. The van der Waals surface area contributed by atoms with E-state index >= 15 is 0 Å². The molecule has 0 saturated heterocycles. The van der Waals surface area contributed by atoms with Gasteiger partial charge in [-0.1, -0.05) is 338 Å². The summed E-state index contributed by atoms with van der Waals surface area (Å²) in [5.41, 5.74) is 15.1. The molecule has 6 saturated carbocycles. The number of tetrazole rings is 1. The van der Waals surface area contributed by atoms with Crippen LogP contribution in [0, 0.1) is 22.7 Å². The number of nitrogens with zero attached hydrogens (tertiary/aromatic N) is 9. The van der Waals surface area contributed by atoms with E-state index in [1.165, 1.54) is 0 Å². The number of nitriles is 2. The van der Waals surface area contributed by atoms with E-state index in [0.717, 1.165) is 271 Å². The Morgan fingerprint density at radius 2 is 0.750 bits per heavy atom. The Balaban J connectivity index is 0.000000157. The van der Waals surface area contributed by atoms with Crippen molar-refractivity contribution in [3.63, 3.8) is 0 Å². The molecule has 6 fully saturated rings. The molecular weight excluding hydrogens is 1810 g/mol. The summed E-state index contributed by atoms with van der Waals surface area (Å²) in [6.07, 6.45) is 33.8. The molecule has 27 nitrogen and oxygen atoms in total. The smallest absolute Gasteiger partial charge is 0.332 e. The molecular formula is C117H145N15O12. The average molecular weight is 1950 g/mol. The standard InChI is InChI=1S/C25H28N6O.C25H29N3O2.C25H27N3O.C18H25NO3.C13H17NO2.C11H19NO3/c1-2-3-10-22-26-25(15-6-7-16-25)24(32)31(22)17-18-11-13-19(14-12-18)20-8-4-5-9-21(20)23-27-29-30-28-23;1-2-3-10-23(29)28-25(15-6-7-16-25)24(30)27-18-19-11-13-20(14-12-19)22-9-5-4-8-21(22)17-26;1-2-3-10-23-27-25(15-6-7-16-25)24(29)28(23)18-19-11-13-20(14-12-19)22-9-5-4-8-21(22)17-26;1-2-3-11-16(20)19-18(12-7-8-13-18)17(21)22-14-15-9-5-4-6-10-15;14-13(8-4-5-9-13)12(15)16-10-11-6-2-1-3-7-11;1-2-3-6-9(13)12-11(10(14)15)7-4-5-8-11/h4-5,8-9,11-14H,2-3,6-7,10,15-17H2,1H3,(H,27,28,29,30);4-5,8-9,11-14H,2-3,6-7,10,15-16,18H2,1H3,(H,27,30)(H,28,29);4-5,8-9,11-14H,2-3,6-7,10,15-16,18H2,1H3;4-6,9-10H,2-3,7-8,11-14H2,1H3,(H,19,20);1-3,6-7H,4-5,8-10,14H2;2-8H2,1H3,(H,12,13)(H,14,15). The van der Waals surface area contributed by atoms with Gasteiger partial charge in [0.05, 0.1) is 36.4 Å². The normalized spacial score (nSPS) is 16.9. The number of rotatable bonds is 36. The minimum atomic E-state index is -0.967. The Morgan fingerprint density at radius 3 is 1.15 bits per heavy atom. The number of carbonyl (C=O) groups excluding carboxylic acids is 8. The number of aromatic amines is 1. The van der Waals surface area contributed by atoms with E-state index in [1.54, 1.807) is 6.07 Å². The molecule has 8 aromatic carbocycles. The highest BCUT2D eigenvalue weighted by Gasteiger charge is 2.52. The van der Waals surface area contributed by atoms with Crippen LogP contribution in [-0.2, 0) is 85.5 Å². The summed E-state index contributed by atoms with van der Waals surface area (Å²) in [5, 5.41) is 53.9. The first-order valence-corrected chi connectivity index (χ1v) is 52.5. The van der Waals surface area contributed by atoms with Crippen molar-refractivity contribution in [3.05, 3.63) is 245 Å². The van der Waals surface area contributed by atoms with Crippen LogP contribution in [0.2, 0.25) is 0 Å². The maximum Gasteiger partial charge on any atom is 0.332 e. The van der Waals surface area contributed by atoms with Gasteiger partial charge in [0.1, 0.15) is 58.1 Å². The molecule has 0 bridgehead atoms. The number of esters is 2. The van der Waals surface area contributed by atoms with Crippen molar-refractivity contribution in [2.24, 2.45) is 15.7 Å². The van der Waals surface area contributed by atoms with Gasteiger partial charge in [-0.25, -0.2) is 9.59 Å². The third-order valence-electron chi connectivity index (χ3n) is 28.8. The monoisotopic (exact) mass is 1950 g/mol. The molecule has 0 atom stereocenters. The summed E-state index contributed by atoms with van der Waals surface area (Å²) in [6, 6.07) is 71.4. The molecule has 1 aromatic heterocycles. The lowest BCUT2D eigenvalue weighted by molar-refractivity contribution is -0.155. The zero-order valence-electron chi connectivity index (χ0n) is 84.8. The number of aliphatic carboxylic acids is 1. The first kappa shape index (κ1) is 109. The number of aromatic nitrogens is 4. The Labute approximate surface area is 849 Å². The molecule has 6 aliphatic carbocycles. The minimum Gasteiger partial charge on any atom is -0.480 e. The fraction of sp³-hybridized carbons (Fsp3) is 0.470. The first-order chi connectivity index (χ1) is 69.9. The second-order valence-corrected chi connectivity index (χ2v) is 39.5. The van der Waals surface area contributed by atoms with Gasteiger partial charge in [0.15, 0.2) is 0 Å². The van der Waals surface area contributed by atoms with E-state index in [4.69, 9.17) is 30.3 Å². The molecule has 2 aliphatic heterocycles. The minimum absolute atomic E-state index is 0.0330. The fourth-order valence-corrected chi connectivity index (χ4v) is 20.4. The maximum atomic E-state index is 13.4. The molecule has 8 aliphatic rings. The van der Waals surface area contributed by atoms with Crippen LogP contribution >= 0.6 is 0 Å². The third-order valence-corrected chi connectivity index (χ3v) is 28.8. The second kappa shape index (κ2) is 54.2. The molecule has 2 spiro atoms. The van der Waals surface area contributed by atoms with Gasteiger partial charge in [0.2, 0.25) is 29.5 Å². The SMILES string of the molecule is CCCCC(=O)NC1(C(=O)NCc2ccc(-c3ccccc3C#N)cc2)CCCC1.CCCCC(=O)NC1(C(=O)O)CCCC1.CCCCC(=O)NC1(C(=O)OCc2ccccc2)CCCC1.CCCCC1=NC2(CCCC2)C(=O)N1Cc1ccc(-c2ccccc2-c2nn[nH]n2)cc1.CCCCC1=NC2(CCCC2)C(=O)N1Cc1ccc(-c2ccccc2C#N)cc1.NC1(C(=O)OCc2ccccc2)CCCC1. The topological polar surface area (TPSA) is 400 Å². The van der Waals surface area contributed by atoms with Crippen LogP contribution in [-0.4, -0.2) is 134 Å². The summed E-state index contributed by atoms with van der Waals surface area (Å²) in [5.74, 6) is 1.19. The number of nitrogens with two attached hydrogens (primary N) is 1. The van der Waals surface area contributed by atoms with E-state index in [9.17, 15) is 53.7 Å². The largest absolute Gasteiger partial charge is 0.480 e. The van der Waals surface area contributed by atoms with Gasteiger partial charge in [0.25, 0.3) is 11.8 Å². The zero-order valence-corrected chi connectivity index (χ0v) is 84.8. The van der Waals surface area contributed by atoms with Gasteiger partial charge in [0, 0.05) is 44.2 Å². The van der Waals surface area contributed by atoms with E-state index in [-0.39, 0.29) is 54.0 Å². The van der Waals surface area contributed by atoms with Crippen molar-refractivity contribution < 1.29 is 57.7 Å². The number of amidine groups is 2. The number of hydrogen-bond acceptors (Lipinski definition) is 19. The van der Waals surface area contributed by atoms with Crippen LogP contribution in [0.15, 0.2) is 216 Å². The molecule has 27 heteroatoms. The Hall–Kier alpha value is -13.7. The number of aliphatic imine (C=N–C) groups is 2. The molecule has 8 N–H and O–H groups in total. The van der Waals surface area contributed by atoms with Crippen molar-refractivity contribution in [2.45, 2.75) is 351 Å². The molecule has 17 rings (SSSR count). The van der Waals surface area contributed by atoms with Gasteiger partial charge >= 0.3 is 17.9 Å². The molecule has 3 heterocycles. The number of ether oxygens (including phenoxy) is 2. The van der Waals surface area contributed by atoms with Crippen molar-refractivity contribution in [1.82, 2.24) is 51.7 Å². The summed E-state index contributed by atoms with van der Waals surface area (Å²) < 4.78 is 10.7. The number of hydrogen-bond donors (Lipinski definition) is 7. The molecule has 0 radical (unpaired) electrons. The third kappa shape index (κ3) is 29.3. The number of carboxylic acid groups (broad SMARTS) is 1. The molecule has 144 heavy (non-hydrogen) atoms. The van der Waals surface area contributed by atoms with Gasteiger partial charge in [-0.3, -0.25) is 53.3 Å². The van der Waals surface area contributed by atoms with Gasteiger partial charge in [-0.15, -0.1) is 10.2 Å². The van der Waals surface area contributed by atoms with Crippen LogP contribution in [0.3, 0.4) is 0 Å². The number of benzene rings is 8. The van der Waals surface area contributed by atoms with E-state index in [1.807, 2.05) is 181 Å². The Kier molecular flexibility index (Phi) is 41.0. The van der Waals surface area contributed by atoms with Gasteiger partial charge in [-0.05, 0) is 188 Å². The van der Waals surface area contributed by atoms with Crippen LogP contribution < -0.4 is 27.0 Å². The summed E-state index contributed by atoms with van der Waals surface area (Å²) in [6.45, 7) is 12.6. The van der Waals surface area contributed by atoms with Crippen LogP contribution in [0.5, 0.6) is 0 Å². The predicted octanol–water partition coefficient (Wildman–Crippen LogP) is 21.7. The van der Waals surface area contributed by atoms with Crippen molar-refractivity contribution in [2.75, 3.05) is 0 Å². The summed E-state index contributed by atoms with van der Waals surface area (Å²) in [4.78, 5) is 125. The second-order valence-electron chi connectivity index (χ2n) is 39.5. The summed E-state index contributed by atoms with van der Waals surface area (Å²) >= 11 is 0. The lowest BCUT2D eigenvalue weighted by atomic mass is 9.95. The van der Waals surface area contributed by atoms with Gasteiger partial charge in [-0.2, -0.15) is 15.7 Å². The summed E-state index contributed by atoms with van der Waals surface area (Å²) in [7, 11) is 0. The highest BCUT2D eigenvalue weighted by Crippen LogP contribution is 2.44. The molecule has 9 aromatic rings. The van der Waals surface area contributed by atoms with E-state index in [0.29, 0.717) is 101 Å². The van der Waals surface area contributed by atoms with E-state index in [2.05, 4.69) is 117 Å². The van der Waals surface area contributed by atoms with Gasteiger partial charge < -0.3 is 41.6 Å². The fourth-order valence-electron chi connectivity index (χ4n) is 20.4. The Bertz CT molecular complexity index is 5860.